The number of fused-ring (bicyclic) bond motifs is 2. The number of nitrogens with zero attached hydrogens (tertiary/aromatic N) is 4. The van der Waals surface area contributed by atoms with E-state index < -0.39 is 0 Å². The van der Waals surface area contributed by atoms with Crippen molar-refractivity contribution in [3.8, 4) is 5.75 Å². The Labute approximate surface area is 153 Å². The summed E-state index contributed by atoms with van der Waals surface area (Å²) in [5.41, 5.74) is 3.64. The number of hydrogen-bond donors (Lipinski definition) is 0. The molecule has 3 heterocycles. The summed E-state index contributed by atoms with van der Waals surface area (Å²) in [5, 5.41) is 8.82. The molecule has 0 N–H and O–H groups in total. The van der Waals surface area contributed by atoms with E-state index >= 15 is 0 Å². The van der Waals surface area contributed by atoms with Crippen molar-refractivity contribution in [3.05, 3.63) is 59.5 Å². The van der Waals surface area contributed by atoms with Gasteiger partial charge < -0.3 is 4.74 Å². The molecule has 0 radical (unpaired) electrons. The summed E-state index contributed by atoms with van der Waals surface area (Å²) < 4.78 is 8.52. The fourth-order valence-electron chi connectivity index (χ4n) is 4.42. The number of hydrogen-bond acceptors (Lipinski definition) is 4. The van der Waals surface area contributed by atoms with Crippen LogP contribution >= 0.6 is 0 Å². The van der Waals surface area contributed by atoms with Crippen molar-refractivity contribution < 1.29 is 4.74 Å². The molecule has 2 aromatic heterocycles. The zero-order valence-corrected chi connectivity index (χ0v) is 15.1. The first kappa shape index (κ1) is 15.8. The van der Waals surface area contributed by atoms with Gasteiger partial charge in [-0.2, -0.15) is 0 Å². The maximum absolute atomic E-state index is 6.41. The van der Waals surface area contributed by atoms with Crippen LogP contribution in [-0.2, 0) is 6.42 Å². The Balaban J connectivity index is 1.47. The van der Waals surface area contributed by atoms with E-state index in [0.29, 0.717) is 6.04 Å². The van der Waals surface area contributed by atoms with Crippen molar-refractivity contribution >= 4 is 5.65 Å². The van der Waals surface area contributed by atoms with Gasteiger partial charge in [-0.1, -0.05) is 24.3 Å². The van der Waals surface area contributed by atoms with Gasteiger partial charge in [0.2, 0.25) is 0 Å². The molecule has 2 aliphatic rings. The van der Waals surface area contributed by atoms with Crippen molar-refractivity contribution in [2.75, 3.05) is 13.6 Å². The third kappa shape index (κ3) is 2.67. The lowest BCUT2D eigenvalue weighted by Crippen LogP contribution is -2.19. The first-order valence-corrected chi connectivity index (χ1v) is 9.59. The Hall–Kier alpha value is -2.40. The molecule has 26 heavy (non-hydrogen) atoms. The van der Waals surface area contributed by atoms with Crippen molar-refractivity contribution in [2.45, 2.75) is 44.2 Å². The van der Waals surface area contributed by atoms with Crippen LogP contribution < -0.4 is 4.74 Å². The number of aryl methyl sites for hydroxylation is 1. The SMILES string of the molecule is CN1CCC[C@H]1c1nnc2ccc(OC3CCCc4ccccc43)cn12. The lowest BCUT2D eigenvalue weighted by molar-refractivity contribution is 0.182. The smallest absolute Gasteiger partial charge is 0.161 e. The second-order valence-corrected chi connectivity index (χ2v) is 7.49. The quantitative estimate of drug-likeness (QED) is 0.719. The van der Waals surface area contributed by atoms with Gasteiger partial charge in [0.05, 0.1) is 12.2 Å². The van der Waals surface area contributed by atoms with Gasteiger partial charge >= 0.3 is 0 Å². The molecule has 5 heteroatoms. The van der Waals surface area contributed by atoms with Crippen LogP contribution in [-0.4, -0.2) is 33.1 Å². The van der Waals surface area contributed by atoms with E-state index in [1.165, 1.54) is 24.0 Å². The van der Waals surface area contributed by atoms with Gasteiger partial charge in [-0.05, 0) is 69.0 Å². The minimum Gasteiger partial charge on any atom is -0.484 e. The van der Waals surface area contributed by atoms with Crippen LogP contribution in [0.2, 0.25) is 0 Å². The van der Waals surface area contributed by atoms with E-state index in [2.05, 4.69) is 57.0 Å². The van der Waals surface area contributed by atoms with Crippen LogP contribution in [0.3, 0.4) is 0 Å². The maximum Gasteiger partial charge on any atom is 0.161 e. The number of ether oxygens (including phenoxy) is 1. The molecule has 1 saturated heterocycles. The highest BCUT2D eigenvalue weighted by molar-refractivity contribution is 5.42. The molecule has 1 fully saturated rings. The second kappa shape index (κ2) is 6.40. The first-order chi connectivity index (χ1) is 12.8. The van der Waals surface area contributed by atoms with Crippen molar-refractivity contribution in [2.24, 2.45) is 0 Å². The summed E-state index contributed by atoms with van der Waals surface area (Å²) in [6.45, 7) is 1.12. The summed E-state index contributed by atoms with van der Waals surface area (Å²) in [5.74, 6) is 1.91. The average Bonchev–Trinajstić information content (AvgIpc) is 3.27. The molecular formula is C21H24N4O. The molecule has 0 spiro atoms. The van der Waals surface area contributed by atoms with Crippen LogP contribution in [0, 0.1) is 0 Å². The lowest BCUT2D eigenvalue weighted by Gasteiger charge is -2.26. The third-order valence-corrected chi connectivity index (χ3v) is 5.81. The topological polar surface area (TPSA) is 42.7 Å². The van der Waals surface area contributed by atoms with Crippen LogP contribution in [0.1, 0.15) is 54.8 Å². The van der Waals surface area contributed by atoms with Crippen molar-refractivity contribution in [1.29, 1.82) is 0 Å². The monoisotopic (exact) mass is 348 g/mol. The fraction of sp³-hybridized carbons (Fsp3) is 0.429. The van der Waals surface area contributed by atoms with Crippen LogP contribution in [0.4, 0.5) is 0 Å². The molecule has 1 aliphatic carbocycles. The largest absolute Gasteiger partial charge is 0.484 e. The van der Waals surface area contributed by atoms with E-state index in [1.54, 1.807) is 0 Å². The highest BCUT2D eigenvalue weighted by Crippen LogP contribution is 2.34. The molecule has 0 bridgehead atoms. The highest BCUT2D eigenvalue weighted by atomic mass is 16.5. The normalized spacial score (nSPS) is 23.3. The molecule has 3 aromatic rings. The van der Waals surface area contributed by atoms with E-state index in [4.69, 9.17) is 4.74 Å². The number of likely N-dealkylation sites (tertiary alicyclic amines) is 1. The Morgan fingerprint density at radius 1 is 1.04 bits per heavy atom. The van der Waals surface area contributed by atoms with E-state index in [1.807, 2.05) is 12.1 Å². The molecule has 0 saturated carbocycles. The molecule has 1 aliphatic heterocycles. The molecule has 2 atom stereocenters. The van der Waals surface area contributed by atoms with Gasteiger partial charge in [0.15, 0.2) is 11.5 Å². The molecule has 0 amide bonds. The lowest BCUT2D eigenvalue weighted by atomic mass is 9.89. The predicted molar refractivity (Wildman–Crippen MR) is 100 cm³/mol. The van der Waals surface area contributed by atoms with Gasteiger partial charge in [-0.3, -0.25) is 9.30 Å². The van der Waals surface area contributed by atoms with Gasteiger partial charge in [-0.15, -0.1) is 10.2 Å². The van der Waals surface area contributed by atoms with E-state index in [0.717, 1.165) is 43.0 Å². The Morgan fingerprint density at radius 3 is 2.85 bits per heavy atom. The molecule has 134 valence electrons. The van der Waals surface area contributed by atoms with Gasteiger partial charge in [0.25, 0.3) is 0 Å². The number of aromatic nitrogens is 3. The standard InChI is InChI=1S/C21H24N4O/c1-24-13-5-9-18(24)21-23-22-20-12-11-16(14-25(20)21)26-19-10-4-7-15-6-2-3-8-17(15)19/h2-3,6,8,11-12,14,18-19H,4-5,7,9-10,13H2,1H3/t18-,19?/m0/s1. The molecular weight excluding hydrogens is 324 g/mol. The zero-order valence-electron chi connectivity index (χ0n) is 15.1. The first-order valence-electron chi connectivity index (χ1n) is 9.59. The van der Waals surface area contributed by atoms with E-state index in [-0.39, 0.29) is 6.10 Å². The van der Waals surface area contributed by atoms with Crippen LogP contribution in [0.25, 0.3) is 5.65 Å². The van der Waals surface area contributed by atoms with E-state index in [9.17, 15) is 0 Å². The summed E-state index contributed by atoms with van der Waals surface area (Å²) in [6.07, 6.45) is 7.94. The predicted octanol–water partition coefficient (Wildman–Crippen LogP) is 3.95. The summed E-state index contributed by atoms with van der Waals surface area (Å²) in [4.78, 5) is 2.36. The second-order valence-electron chi connectivity index (χ2n) is 7.49. The Kier molecular flexibility index (Phi) is 3.89. The Morgan fingerprint density at radius 2 is 1.96 bits per heavy atom. The molecule has 1 unspecified atom stereocenters. The van der Waals surface area contributed by atoms with Crippen molar-refractivity contribution in [3.63, 3.8) is 0 Å². The van der Waals surface area contributed by atoms with Gasteiger partial charge in [0.1, 0.15) is 11.9 Å². The summed E-state index contributed by atoms with van der Waals surface area (Å²) >= 11 is 0. The molecule has 5 nitrogen and oxygen atoms in total. The van der Waals surface area contributed by atoms with Crippen LogP contribution in [0.5, 0.6) is 5.75 Å². The van der Waals surface area contributed by atoms with Gasteiger partial charge in [-0.25, -0.2) is 0 Å². The maximum atomic E-state index is 6.41. The number of pyridine rings is 1. The minimum atomic E-state index is 0.131. The minimum absolute atomic E-state index is 0.131. The van der Waals surface area contributed by atoms with Gasteiger partial charge in [0, 0.05) is 0 Å². The van der Waals surface area contributed by atoms with Crippen molar-refractivity contribution in [1.82, 2.24) is 19.5 Å². The fourth-order valence-corrected chi connectivity index (χ4v) is 4.42. The van der Waals surface area contributed by atoms with Crippen LogP contribution in [0.15, 0.2) is 42.6 Å². The molecule has 5 rings (SSSR count). The Bertz CT molecular complexity index is 935. The zero-order chi connectivity index (χ0) is 17.5. The third-order valence-electron chi connectivity index (χ3n) is 5.81. The summed E-state index contributed by atoms with van der Waals surface area (Å²) in [6, 6.07) is 13.0. The average molecular weight is 348 g/mol. The highest BCUT2D eigenvalue weighted by Gasteiger charge is 2.27. The number of rotatable bonds is 3. The molecule has 1 aromatic carbocycles. The summed E-state index contributed by atoms with van der Waals surface area (Å²) in [7, 11) is 2.16. The number of benzene rings is 1.